The van der Waals surface area contributed by atoms with Gasteiger partial charge in [0.05, 0.1) is 15.5 Å². The summed E-state index contributed by atoms with van der Waals surface area (Å²) in [5.74, 6) is -1.16. The monoisotopic (exact) mass is 696 g/mol. The summed E-state index contributed by atoms with van der Waals surface area (Å²) < 4.78 is 29.0. The van der Waals surface area contributed by atoms with Gasteiger partial charge in [-0.3, -0.25) is 24.0 Å². The van der Waals surface area contributed by atoms with E-state index in [9.17, 15) is 28.1 Å². The summed E-state index contributed by atoms with van der Waals surface area (Å²) in [5.41, 5.74) is 0.374. The lowest BCUT2D eigenvalue weighted by Gasteiger charge is -2.35. The van der Waals surface area contributed by atoms with E-state index < -0.39 is 44.9 Å². The molecule has 0 aromatic heterocycles. The molecule has 1 N–H and O–H groups in total. The number of amides is 2. The number of nitrogens with zero attached hydrogens (tertiary/aromatic N) is 3. The lowest BCUT2D eigenvalue weighted by Crippen LogP contribution is -2.56. The van der Waals surface area contributed by atoms with E-state index in [0.717, 1.165) is 22.0 Å². The number of carbonyl (C=O) groups is 2. The molecule has 10 nitrogen and oxygen atoms in total. The molecule has 47 heavy (non-hydrogen) atoms. The third-order valence-corrected chi connectivity index (χ3v) is 9.46. The van der Waals surface area contributed by atoms with Crippen molar-refractivity contribution in [1.82, 2.24) is 10.2 Å². The van der Waals surface area contributed by atoms with E-state index in [2.05, 4.69) is 5.32 Å². The van der Waals surface area contributed by atoms with E-state index in [4.69, 9.17) is 23.2 Å². The molecule has 4 aromatic carbocycles. The summed E-state index contributed by atoms with van der Waals surface area (Å²) in [6.07, 6.45) is 0.114. The second-order valence-electron chi connectivity index (χ2n) is 11.8. The normalized spacial score (nSPS) is 12.2. The van der Waals surface area contributed by atoms with Crippen molar-refractivity contribution in [2.45, 2.75) is 50.2 Å². The Labute approximate surface area is 284 Å². The summed E-state index contributed by atoms with van der Waals surface area (Å²) in [4.78, 5) is 40.4. The fraction of sp³-hybridized carbons (Fsp3) is 0.235. The minimum atomic E-state index is -4.36. The molecule has 0 saturated carbocycles. The van der Waals surface area contributed by atoms with Crippen LogP contribution in [0, 0.1) is 10.1 Å². The molecule has 13 heteroatoms. The summed E-state index contributed by atoms with van der Waals surface area (Å²) in [6.45, 7) is 4.57. The molecule has 4 aromatic rings. The van der Waals surface area contributed by atoms with Gasteiger partial charge in [0.15, 0.2) is 0 Å². The zero-order chi connectivity index (χ0) is 34.4. The molecule has 0 aliphatic heterocycles. The van der Waals surface area contributed by atoms with Gasteiger partial charge in [-0.2, -0.15) is 0 Å². The Balaban J connectivity index is 1.84. The molecule has 0 fully saturated rings. The number of nitro benzene ring substituents is 1. The highest BCUT2D eigenvalue weighted by Crippen LogP contribution is 2.28. The molecule has 1 atom stereocenters. The van der Waals surface area contributed by atoms with Crippen LogP contribution in [0.25, 0.3) is 0 Å². The smallest absolute Gasteiger partial charge is 0.269 e. The number of halogens is 2. The van der Waals surface area contributed by atoms with E-state index in [0.29, 0.717) is 10.6 Å². The van der Waals surface area contributed by atoms with Crippen LogP contribution in [0.5, 0.6) is 0 Å². The number of nitrogens with one attached hydrogen (secondary N) is 1. The molecule has 0 saturated heterocycles. The maximum atomic E-state index is 14.5. The highest BCUT2D eigenvalue weighted by Gasteiger charge is 2.36. The van der Waals surface area contributed by atoms with Crippen LogP contribution in [-0.2, 0) is 32.6 Å². The molecule has 0 radical (unpaired) electrons. The number of rotatable bonds is 12. The Morgan fingerprint density at radius 3 is 2.04 bits per heavy atom. The van der Waals surface area contributed by atoms with Crippen molar-refractivity contribution in [2.75, 3.05) is 10.8 Å². The van der Waals surface area contributed by atoms with Crippen molar-refractivity contribution in [3.05, 3.63) is 134 Å². The van der Waals surface area contributed by atoms with Gasteiger partial charge in [0.1, 0.15) is 12.6 Å². The number of hydrogen-bond donors (Lipinski definition) is 1. The van der Waals surface area contributed by atoms with Gasteiger partial charge in [0.2, 0.25) is 11.8 Å². The number of nitro groups is 1. The van der Waals surface area contributed by atoms with Crippen LogP contribution in [0.15, 0.2) is 108 Å². The van der Waals surface area contributed by atoms with Crippen molar-refractivity contribution in [1.29, 1.82) is 0 Å². The van der Waals surface area contributed by atoms with Crippen molar-refractivity contribution in [3.8, 4) is 0 Å². The van der Waals surface area contributed by atoms with Crippen molar-refractivity contribution >= 4 is 56.4 Å². The van der Waals surface area contributed by atoms with Crippen molar-refractivity contribution in [3.63, 3.8) is 0 Å². The fourth-order valence-corrected chi connectivity index (χ4v) is 6.73. The minimum absolute atomic E-state index is 0.0241. The third kappa shape index (κ3) is 9.31. The highest BCUT2D eigenvalue weighted by molar-refractivity contribution is 7.92. The lowest BCUT2D eigenvalue weighted by molar-refractivity contribution is -0.384. The van der Waals surface area contributed by atoms with Crippen LogP contribution in [0.4, 0.5) is 11.4 Å². The zero-order valence-electron chi connectivity index (χ0n) is 26.0. The number of benzene rings is 4. The van der Waals surface area contributed by atoms with Crippen LogP contribution in [0.2, 0.25) is 10.0 Å². The molecule has 246 valence electrons. The fourth-order valence-electron chi connectivity index (χ4n) is 4.83. The second-order valence-corrected chi connectivity index (χ2v) is 14.5. The Bertz CT molecular complexity index is 1830. The van der Waals surface area contributed by atoms with E-state index >= 15 is 0 Å². The second kappa shape index (κ2) is 15.0. The topological polar surface area (TPSA) is 130 Å². The van der Waals surface area contributed by atoms with Gasteiger partial charge in [-0.25, -0.2) is 8.42 Å². The number of carbonyl (C=O) groups excluding carboxylic acids is 2. The van der Waals surface area contributed by atoms with Gasteiger partial charge >= 0.3 is 0 Å². The van der Waals surface area contributed by atoms with Gasteiger partial charge in [0, 0.05) is 40.7 Å². The average molecular weight is 698 g/mol. The van der Waals surface area contributed by atoms with Gasteiger partial charge in [-0.1, -0.05) is 77.8 Å². The summed E-state index contributed by atoms with van der Waals surface area (Å²) in [7, 11) is -4.36. The van der Waals surface area contributed by atoms with Crippen LogP contribution in [0.1, 0.15) is 31.9 Å². The molecule has 0 spiro atoms. The predicted octanol–water partition coefficient (Wildman–Crippen LogP) is 6.65. The van der Waals surface area contributed by atoms with Crippen molar-refractivity contribution in [2.24, 2.45) is 0 Å². The van der Waals surface area contributed by atoms with Gasteiger partial charge in [0.25, 0.3) is 15.7 Å². The Morgan fingerprint density at radius 1 is 0.894 bits per heavy atom. The van der Waals surface area contributed by atoms with Crippen molar-refractivity contribution < 1.29 is 22.9 Å². The summed E-state index contributed by atoms with van der Waals surface area (Å²) in [6, 6.07) is 25.2. The molecule has 0 unspecified atom stereocenters. The number of non-ortho nitro benzene ring substituents is 1. The first-order chi connectivity index (χ1) is 22.2. The summed E-state index contributed by atoms with van der Waals surface area (Å²) in [5, 5.41) is 14.9. The first-order valence-corrected chi connectivity index (χ1v) is 16.8. The molecule has 2 amide bonds. The molecular formula is C34H34Cl2N4O6S. The molecule has 0 aliphatic carbocycles. The summed E-state index contributed by atoms with van der Waals surface area (Å²) >= 11 is 12.7. The Hall–Kier alpha value is -4.45. The third-order valence-electron chi connectivity index (χ3n) is 7.08. The van der Waals surface area contributed by atoms with E-state index in [1.165, 1.54) is 35.2 Å². The number of sulfonamides is 1. The number of hydrogen-bond acceptors (Lipinski definition) is 6. The molecular weight excluding hydrogens is 663 g/mol. The van der Waals surface area contributed by atoms with E-state index in [1.54, 1.807) is 30.3 Å². The number of anilines is 1. The molecule has 0 bridgehead atoms. The first kappa shape index (κ1) is 35.4. The van der Waals surface area contributed by atoms with Gasteiger partial charge in [-0.05, 0) is 68.3 Å². The Kier molecular flexibility index (Phi) is 11.3. The maximum Gasteiger partial charge on any atom is 0.269 e. The lowest BCUT2D eigenvalue weighted by atomic mass is 10.0. The molecule has 4 rings (SSSR count). The molecule has 0 aliphatic rings. The quantitative estimate of drug-likeness (QED) is 0.130. The van der Waals surface area contributed by atoms with Crippen LogP contribution < -0.4 is 9.62 Å². The predicted molar refractivity (Wildman–Crippen MR) is 183 cm³/mol. The maximum absolute atomic E-state index is 14.5. The zero-order valence-corrected chi connectivity index (χ0v) is 28.3. The van der Waals surface area contributed by atoms with Crippen LogP contribution in [0.3, 0.4) is 0 Å². The average Bonchev–Trinajstić information content (AvgIpc) is 3.02. The van der Waals surface area contributed by atoms with E-state index in [1.807, 2.05) is 51.1 Å². The SMILES string of the molecule is CC(C)(C)NC(=O)[C@H](Cc1ccccc1)N(Cc1ccc(Cl)cc1Cl)C(=O)CN(c1ccc([N+](=O)[O-])cc1)S(=O)(=O)c1ccccc1. The standard InChI is InChI=1S/C34H34Cl2N4O6S/c1-34(2,3)37-33(42)31(20-24-10-6-4-7-11-24)38(22-25-14-15-26(35)21-30(25)36)32(41)23-39(27-16-18-28(19-17-27)40(43)44)47(45,46)29-12-8-5-9-13-29/h4-19,21,31H,20,22-23H2,1-3H3,(H,37,42)/t31-/m0/s1. The van der Waals surface area contributed by atoms with Crippen LogP contribution >= 0.6 is 23.2 Å². The Morgan fingerprint density at radius 2 is 1.49 bits per heavy atom. The van der Waals surface area contributed by atoms with Crippen LogP contribution in [-0.4, -0.2) is 48.2 Å². The van der Waals surface area contributed by atoms with E-state index in [-0.39, 0.29) is 34.3 Å². The highest BCUT2D eigenvalue weighted by atomic mass is 35.5. The largest absolute Gasteiger partial charge is 0.350 e. The van der Waals surface area contributed by atoms with Gasteiger partial charge < -0.3 is 10.2 Å². The molecule has 0 heterocycles. The van der Waals surface area contributed by atoms with Gasteiger partial charge in [-0.15, -0.1) is 0 Å². The minimum Gasteiger partial charge on any atom is -0.350 e. The first-order valence-electron chi connectivity index (χ1n) is 14.6.